The Balaban J connectivity index is 1.81. The fourth-order valence-corrected chi connectivity index (χ4v) is 2.53. The van der Waals surface area contributed by atoms with E-state index in [4.69, 9.17) is 0 Å². The fourth-order valence-electron chi connectivity index (χ4n) is 1.80. The van der Waals surface area contributed by atoms with Crippen LogP contribution in [0.25, 0.3) is 0 Å². The lowest BCUT2D eigenvalue weighted by Gasteiger charge is -2.20. The van der Waals surface area contributed by atoms with Crippen LogP contribution in [0.5, 0.6) is 0 Å². The molecule has 0 unspecified atom stereocenters. The number of carbonyl (C=O) groups excluding carboxylic acids is 1. The summed E-state index contributed by atoms with van der Waals surface area (Å²) in [6, 6.07) is 4.22. The van der Waals surface area contributed by atoms with Crippen molar-refractivity contribution in [3.8, 4) is 0 Å². The van der Waals surface area contributed by atoms with E-state index in [9.17, 15) is 18.0 Å². The smallest absolute Gasteiger partial charge is 0.346 e. The predicted molar refractivity (Wildman–Crippen MR) is 66.8 cm³/mol. The van der Waals surface area contributed by atoms with Crippen LogP contribution in [0.15, 0.2) is 17.5 Å². The van der Waals surface area contributed by atoms with Crippen LogP contribution in [-0.4, -0.2) is 36.1 Å². The first-order valence-electron chi connectivity index (χ1n) is 6.04. The summed E-state index contributed by atoms with van der Waals surface area (Å²) in [6.07, 6.45) is -2.33. The van der Waals surface area contributed by atoms with Gasteiger partial charge in [-0.05, 0) is 24.3 Å². The van der Waals surface area contributed by atoms with Gasteiger partial charge in [-0.1, -0.05) is 6.07 Å². The number of carbonyl (C=O) groups is 1. The molecular weight excluding hydrogens is 277 g/mol. The number of alkyl halides is 3. The largest absolute Gasteiger partial charge is 0.405 e. The molecule has 2 rings (SSSR count). The number of halogens is 3. The molecular formula is C12H15F3N2OS. The lowest BCUT2D eigenvalue weighted by Crippen LogP contribution is -2.41. The van der Waals surface area contributed by atoms with E-state index >= 15 is 0 Å². The van der Waals surface area contributed by atoms with Crippen LogP contribution in [0.2, 0.25) is 0 Å². The summed E-state index contributed by atoms with van der Waals surface area (Å²) in [6.45, 7) is -0.607. The van der Waals surface area contributed by atoms with Crippen molar-refractivity contribution in [1.29, 1.82) is 0 Å². The first-order valence-corrected chi connectivity index (χ1v) is 6.92. The van der Waals surface area contributed by atoms with E-state index in [-0.39, 0.29) is 6.54 Å². The highest BCUT2D eigenvalue weighted by Crippen LogP contribution is 2.28. The van der Waals surface area contributed by atoms with E-state index in [1.54, 1.807) is 11.3 Å². The highest BCUT2D eigenvalue weighted by atomic mass is 32.1. The molecule has 0 aromatic carbocycles. The zero-order valence-electron chi connectivity index (χ0n) is 10.2. The van der Waals surface area contributed by atoms with Crippen molar-refractivity contribution in [2.75, 3.05) is 13.1 Å². The molecule has 0 spiro atoms. The van der Waals surface area contributed by atoms with Crippen molar-refractivity contribution in [2.24, 2.45) is 0 Å². The first kappa shape index (κ1) is 14.3. The second-order valence-electron chi connectivity index (χ2n) is 4.61. The Morgan fingerprint density at radius 2 is 2.21 bits per heavy atom. The van der Waals surface area contributed by atoms with Crippen LogP contribution >= 0.6 is 11.3 Å². The molecule has 1 N–H and O–H groups in total. The van der Waals surface area contributed by atoms with Crippen molar-refractivity contribution < 1.29 is 18.0 Å². The van der Waals surface area contributed by atoms with Crippen LogP contribution in [0, 0.1) is 0 Å². The number of nitrogens with zero attached hydrogens (tertiary/aromatic N) is 1. The molecule has 7 heteroatoms. The van der Waals surface area contributed by atoms with Crippen LogP contribution in [0.1, 0.15) is 17.7 Å². The average molecular weight is 292 g/mol. The Hall–Kier alpha value is -1.08. The third-order valence-electron chi connectivity index (χ3n) is 2.84. The van der Waals surface area contributed by atoms with Gasteiger partial charge in [0.2, 0.25) is 5.91 Å². The zero-order valence-corrected chi connectivity index (χ0v) is 11.1. The van der Waals surface area contributed by atoms with Crippen molar-refractivity contribution in [3.05, 3.63) is 22.4 Å². The Morgan fingerprint density at radius 3 is 2.74 bits per heavy atom. The van der Waals surface area contributed by atoms with E-state index in [0.717, 1.165) is 17.7 Å². The molecule has 1 saturated carbocycles. The van der Waals surface area contributed by atoms with Gasteiger partial charge in [0.05, 0.1) is 6.54 Å². The molecule has 1 heterocycles. The van der Waals surface area contributed by atoms with Crippen molar-refractivity contribution in [2.45, 2.75) is 31.6 Å². The summed E-state index contributed by atoms with van der Waals surface area (Å²) in [4.78, 5) is 14.6. The molecule has 1 amide bonds. The van der Waals surface area contributed by atoms with Gasteiger partial charge >= 0.3 is 6.18 Å². The monoisotopic (exact) mass is 292 g/mol. The quantitative estimate of drug-likeness (QED) is 0.873. The average Bonchev–Trinajstić information content (AvgIpc) is 3.04. The molecule has 0 bridgehead atoms. The third kappa shape index (κ3) is 5.20. The van der Waals surface area contributed by atoms with Gasteiger partial charge in [0.1, 0.15) is 6.54 Å². The molecule has 0 aliphatic heterocycles. The molecule has 0 radical (unpaired) electrons. The molecule has 1 aliphatic rings. The SMILES string of the molecule is O=C(CN(Cc1cccs1)C1CC1)NCC(F)(F)F. The van der Waals surface area contributed by atoms with Gasteiger partial charge in [0, 0.05) is 17.5 Å². The van der Waals surface area contributed by atoms with Gasteiger partial charge in [-0.15, -0.1) is 11.3 Å². The van der Waals surface area contributed by atoms with Crippen LogP contribution in [0.4, 0.5) is 13.2 Å². The molecule has 106 valence electrons. The number of hydrogen-bond acceptors (Lipinski definition) is 3. The second kappa shape index (κ2) is 5.92. The van der Waals surface area contributed by atoms with Crippen molar-refractivity contribution >= 4 is 17.2 Å². The molecule has 3 nitrogen and oxygen atoms in total. The highest BCUT2D eigenvalue weighted by molar-refractivity contribution is 7.09. The standard InChI is InChI=1S/C12H15F3N2OS/c13-12(14,15)8-16-11(18)7-17(9-3-4-9)6-10-2-1-5-19-10/h1-2,5,9H,3-4,6-8H2,(H,16,18). The maximum Gasteiger partial charge on any atom is 0.405 e. The molecule has 1 aromatic heterocycles. The number of thiophene rings is 1. The Labute approximate surface area is 113 Å². The number of rotatable bonds is 6. The maximum atomic E-state index is 12.0. The third-order valence-corrected chi connectivity index (χ3v) is 3.70. The summed E-state index contributed by atoms with van der Waals surface area (Å²) in [5.41, 5.74) is 0. The minimum absolute atomic E-state index is 0.0264. The van der Waals surface area contributed by atoms with E-state index in [0.29, 0.717) is 12.6 Å². The molecule has 19 heavy (non-hydrogen) atoms. The Bertz CT molecular complexity index is 415. The maximum absolute atomic E-state index is 12.0. The first-order chi connectivity index (χ1) is 8.94. The number of hydrogen-bond donors (Lipinski definition) is 1. The molecule has 0 atom stereocenters. The Morgan fingerprint density at radius 1 is 1.47 bits per heavy atom. The molecule has 1 fully saturated rings. The van der Waals surface area contributed by atoms with E-state index in [2.05, 4.69) is 0 Å². The second-order valence-corrected chi connectivity index (χ2v) is 5.64. The van der Waals surface area contributed by atoms with E-state index in [1.807, 2.05) is 27.7 Å². The van der Waals surface area contributed by atoms with E-state index in [1.165, 1.54) is 0 Å². The molecule has 1 aromatic rings. The van der Waals surface area contributed by atoms with Crippen LogP contribution in [0.3, 0.4) is 0 Å². The minimum Gasteiger partial charge on any atom is -0.346 e. The van der Waals surface area contributed by atoms with Crippen molar-refractivity contribution in [3.63, 3.8) is 0 Å². The van der Waals surface area contributed by atoms with Crippen LogP contribution in [-0.2, 0) is 11.3 Å². The Kier molecular flexibility index (Phi) is 4.46. The van der Waals surface area contributed by atoms with E-state index < -0.39 is 18.6 Å². The summed E-state index contributed by atoms with van der Waals surface area (Å²) in [5, 5.41) is 3.86. The zero-order chi connectivity index (χ0) is 13.9. The predicted octanol–water partition coefficient (Wildman–Crippen LogP) is 2.39. The summed E-state index contributed by atoms with van der Waals surface area (Å²) < 4.78 is 36.0. The number of nitrogens with one attached hydrogen (secondary N) is 1. The van der Waals surface area contributed by atoms with Gasteiger partial charge in [-0.3, -0.25) is 9.69 Å². The normalized spacial score (nSPS) is 15.8. The van der Waals surface area contributed by atoms with Gasteiger partial charge in [-0.25, -0.2) is 0 Å². The van der Waals surface area contributed by atoms with Crippen molar-refractivity contribution in [1.82, 2.24) is 10.2 Å². The number of amides is 1. The van der Waals surface area contributed by atoms with Gasteiger partial charge in [-0.2, -0.15) is 13.2 Å². The van der Waals surface area contributed by atoms with Gasteiger partial charge in [0.15, 0.2) is 0 Å². The fraction of sp³-hybridized carbons (Fsp3) is 0.583. The molecule has 0 saturated heterocycles. The van der Waals surface area contributed by atoms with Gasteiger partial charge < -0.3 is 5.32 Å². The minimum atomic E-state index is -4.35. The lowest BCUT2D eigenvalue weighted by molar-refractivity contribution is -0.139. The lowest BCUT2D eigenvalue weighted by atomic mass is 10.3. The molecule has 1 aliphatic carbocycles. The summed E-state index contributed by atoms with van der Waals surface area (Å²) in [7, 11) is 0. The highest BCUT2D eigenvalue weighted by Gasteiger charge is 2.32. The van der Waals surface area contributed by atoms with Gasteiger partial charge in [0.25, 0.3) is 0 Å². The summed E-state index contributed by atoms with van der Waals surface area (Å²) in [5.74, 6) is -0.569. The van der Waals surface area contributed by atoms with Crippen LogP contribution < -0.4 is 5.32 Å². The summed E-state index contributed by atoms with van der Waals surface area (Å²) >= 11 is 1.59. The topological polar surface area (TPSA) is 32.3 Å².